The van der Waals surface area contributed by atoms with Gasteiger partial charge in [0.1, 0.15) is 11.4 Å². The average molecular weight is 336 g/mol. The lowest BCUT2D eigenvalue weighted by Gasteiger charge is -2.31. The fourth-order valence-corrected chi connectivity index (χ4v) is 2.90. The molecule has 0 bridgehead atoms. The van der Waals surface area contributed by atoms with Crippen molar-refractivity contribution >= 4 is 12.0 Å². The van der Waals surface area contributed by atoms with E-state index in [1.165, 1.54) is 18.2 Å². The number of benzene rings is 1. The number of carbonyl (C=O) groups is 2. The van der Waals surface area contributed by atoms with E-state index in [1.807, 2.05) is 0 Å². The highest BCUT2D eigenvalue weighted by Gasteiger charge is 2.36. The van der Waals surface area contributed by atoms with Crippen LogP contribution in [0.4, 0.5) is 9.18 Å². The maximum Gasteiger partial charge on any atom is 0.407 e. The van der Waals surface area contributed by atoms with Gasteiger partial charge in [0.15, 0.2) is 0 Å². The van der Waals surface area contributed by atoms with Crippen LogP contribution < -0.4 is 10.6 Å². The lowest BCUT2D eigenvalue weighted by molar-refractivity contribution is 0.0505. The first-order chi connectivity index (χ1) is 11.2. The van der Waals surface area contributed by atoms with Gasteiger partial charge in [0.2, 0.25) is 0 Å². The molecule has 1 aromatic rings. The number of amides is 2. The zero-order valence-corrected chi connectivity index (χ0v) is 14.4. The maximum atomic E-state index is 13.3. The van der Waals surface area contributed by atoms with Gasteiger partial charge in [-0.2, -0.15) is 0 Å². The van der Waals surface area contributed by atoms with Crippen molar-refractivity contribution in [3.05, 3.63) is 35.6 Å². The van der Waals surface area contributed by atoms with Gasteiger partial charge >= 0.3 is 6.09 Å². The first-order valence-corrected chi connectivity index (χ1v) is 8.24. The highest BCUT2D eigenvalue weighted by Crippen LogP contribution is 2.29. The second-order valence-electron chi connectivity index (χ2n) is 7.31. The number of hydrogen-bond acceptors (Lipinski definition) is 3. The Bertz CT molecular complexity index is 605. The Kier molecular flexibility index (Phi) is 5.47. The van der Waals surface area contributed by atoms with Crippen molar-refractivity contribution in [2.45, 2.75) is 57.6 Å². The maximum absolute atomic E-state index is 13.3. The SMILES string of the molecule is CC(C)(C)OC(=O)NCC1(NC(=O)c2cccc(F)c2)CCCC1. The van der Waals surface area contributed by atoms with E-state index >= 15 is 0 Å². The van der Waals surface area contributed by atoms with Crippen molar-refractivity contribution in [2.75, 3.05) is 6.54 Å². The van der Waals surface area contributed by atoms with E-state index in [4.69, 9.17) is 4.74 Å². The van der Waals surface area contributed by atoms with E-state index in [0.717, 1.165) is 25.7 Å². The van der Waals surface area contributed by atoms with Gasteiger partial charge in [-0.15, -0.1) is 0 Å². The number of alkyl carbamates (subject to hydrolysis) is 1. The predicted octanol–water partition coefficient (Wildman–Crippen LogP) is 3.39. The molecule has 0 atom stereocenters. The Morgan fingerprint density at radius 2 is 1.92 bits per heavy atom. The molecule has 0 saturated heterocycles. The first kappa shape index (κ1) is 18.2. The van der Waals surface area contributed by atoms with E-state index in [1.54, 1.807) is 26.8 Å². The largest absolute Gasteiger partial charge is 0.444 e. The molecule has 2 rings (SSSR count). The second kappa shape index (κ2) is 7.20. The molecule has 5 nitrogen and oxygen atoms in total. The van der Waals surface area contributed by atoms with Crippen LogP contribution in [0.15, 0.2) is 24.3 Å². The molecular formula is C18H25FN2O3. The van der Waals surface area contributed by atoms with E-state index < -0.39 is 23.1 Å². The van der Waals surface area contributed by atoms with Crippen LogP contribution in [-0.2, 0) is 4.74 Å². The van der Waals surface area contributed by atoms with Gasteiger partial charge in [-0.25, -0.2) is 9.18 Å². The van der Waals surface area contributed by atoms with Crippen LogP contribution in [-0.4, -0.2) is 29.7 Å². The molecular weight excluding hydrogens is 311 g/mol. The number of nitrogens with one attached hydrogen (secondary N) is 2. The third-order valence-electron chi connectivity index (χ3n) is 4.00. The van der Waals surface area contributed by atoms with E-state index in [9.17, 15) is 14.0 Å². The standard InChI is InChI=1S/C18H25FN2O3/c1-17(2,3)24-16(23)20-12-18(9-4-5-10-18)21-15(22)13-7-6-8-14(19)11-13/h6-8,11H,4-5,9-10,12H2,1-3H3,(H,20,23)(H,21,22). The Morgan fingerprint density at radius 3 is 2.50 bits per heavy atom. The Balaban J connectivity index is 2.00. The summed E-state index contributed by atoms with van der Waals surface area (Å²) in [5.41, 5.74) is -0.809. The molecule has 1 aromatic carbocycles. The number of ether oxygens (including phenoxy) is 1. The molecule has 0 spiro atoms. The lowest BCUT2D eigenvalue weighted by atomic mass is 9.96. The molecule has 0 heterocycles. The number of carbonyl (C=O) groups excluding carboxylic acids is 2. The summed E-state index contributed by atoms with van der Waals surface area (Å²) < 4.78 is 18.5. The second-order valence-corrected chi connectivity index (χ2v) is 7.31. The van der Waals surface area contributed by atoms with Gasteiger partial charge in [-0.3, -0.25) is 4.79 Å². The van der Waals surface area contributed by atoms with Gasteiger partial charge in [0, 0.05) is 12.1 Å². The lowest BCUT2D eigenvalue weighted by Crippen LogP contribution is -2.54. The Labute approximate surface area is 142 Å². The number of halogens is 1. The summed E-state index contributed by atoms with van der Waals surface area (Å²) in [5, 5.41) is 5.72. The van der Waals surface area contributed by atoms with Gasteiger partial charge in [0.25, 0.3) is 5.91 Å². The fraction of sp³-hybridized carbons (Fsp3) is 0.556. The highest BCUT2D eigenvalue weighted by atomic mass is 19.1. The summed E-state index contributed by atoms with van der Waals surface area (Å²) in [7, 11) is 0. The van der Waals surface area contributed by atoms with Crippen LogP contribution in [0, 0.1) is 5.82 Å². The molecule has 1 fully saturated rings. The third-order valence-corrected chi connectivity index (χ3v) is 4.00. The van der Waals surface area contributed by atoms with Gasteiger partial charge in [-0.05, 0) is 51.8 Å². The van der Waals surface area contributed by atoms with Crippen molar-refractivity contribution in [1.82, 2.24) is 10.6 Å². The number of rotatable bonds is 4. The molecule has 1 aliphatic rings. The normalized spacial score (nSPS) is 16.5. The Morgan fingerprint density at radius 1 is 1.25 bits per heavy atom. The molecule has 1 aliphatic carbocycles. The topological polar surface area (TPSA) is 67.4 Å². The van der Waals surface area contributed by atoms with Crippen molar-refractivity contribution in [1.29, 1.82) is 0 Å². The fourth-order valence-electron chi connectivity index (χ4n) is 2.90. The van der Waals surface area contributed by atoms with Crippen LogP contribution in [0.2, 0.25) is 0 Å². The van der Waals surface area contributed by atoms with E-state index in [0.29, 0.717) is 6.54 Å². The van der Waals surface area contributed by atoms with Crippen LogP contribution in [0.1, 0.15) is 56.8 Å². The van der Waals surface area contributed by atoms with Gasteiger partial charge < -0.3 is 15.4 Å². The number of hydrogen-bond donors (Lipinski definition) is 2. The van der Waals surface area contributed by atoms with E-state index in [2.05, 4.69) is 10.6 Å². The summed E-state index contributed by atoms with van der Waals surface area (Å²) in [4.78, 5) is 24.3. The molecule has 2 N–H and O–H groups in total. The Hall–Kier alpha value is -2.11. The zero-order chi connectivity index (χ0) is 17.8. The summed E-state index contributed by atoms with van der Waals surface area (Å²) in [6.45, 7) is 5.68. The molecule has 2 amide bonds. The minimum atomic E-state index is -0.572. The van der Waals surface area contributed by atoms with Gasteiger partial charge in [0.05, 0.1) is 5.54 Å². The molecule has 0 aliphatic heterocycles. The predicted molar refractivity (Wildman–Crippen MR) is 89.3 cm³/mol. The minimum Gasteiger partial charge on any atom is -0.444 e. The van der Waals surface area contributed by atoms with Crippen LogP contribution in [0.25, 0.3) is 0 Å². The first-order valence-electron chi connectivity index (χ1n) is 8.24. The smallest absolute Gasteiger partial charge is 0.407 e. The molecule has 24 heavy (non-hydrogen) atoms. The molecule has 6 heteroatoms. The minimum absolute atomic E-state index is 0.276. The van der Waals surface area contributed by atoms with Crippen molar-refractivity contribution < 1.29 is 18.7 Å². The quantitative estimate of drug-likeness (QED) is 0.885. The van der Waals surface area contributed by atoms with E-state index in [-0.39, 0.29) is 11.5 Å². The average Bonchev–Trinajstić information content (AvgIpc) is 2.92. The molecule has 0 aromatic heterocycles. The van der Waals surface area contributed by atoms with Crippen LogP contribution in [0.3, 0.4) is 0 Å². The monoisotopic (exact) mass is 336 g/mol. The zero-order valence-electron chi connectivity index (χ0n) is 14.4. The molecule has 0 radical (unpaired) electrons. The summed E-state index contributed by atoms with van der Waals surface area (Å²) >= 11 is 0. The molecule has 132 valence electrons. The van der Waals surface area contributed by atoms with Crippen molar-refractivity contribution in [3.63, 3.8) is 0 Å². The summed E-state index contributed by atoms with van der Waals surface area (Å²) in [6, 6.07) is 5.58. The van der Waals surface area contributed by atoms with Crippen LogP contribution >= 0.6 is 0 Å². The van der Waals surface area contributed by atoms with Gasteiger partial charge in [-0.1, -0.05) is 18.9 Å². The van der Waals surface area contributed by atoms with Crippen LogP contribution in [0.5, 0.6) is 0 Å². The summed E-state index contributed by atoms with van der Waals surface area (Å²) in [5.74, 6) is -0.780. The summed E-state index contributed by atoms with van der Waals surface area (Å²) in [6.07, 6.45) is 2.97. The molecule has 0 unspecified atom stereocenters. The highest BCUT2D eigenvalue weighted by molar-refractivity contribution is 5.94. The van der Waals surface area contributed by atoms with Crippen molar-refractivity contribution in [3.8, 4) is 0 Å². The van der Waals surface area contributed by atoms with Crippen molar-refractivity contribution in [2.24, 2.45) is 0 Å². The third kappa shape index (κ3) is 5.22. The molecule has 1 saturated carbocycles.